The van der Waals surface area contributed by atoms with Crippen molar-refractivity contribution < 1.29 is 14.6 Å². The fraction of sp³-hybridized carbons (Fsp3) is 0.417. The number of benzene rings is 1. The molecule has 0 bridgehead atoms. The monoisotopic (exact) mass is 238 g/mol. The van der Waals surface area contributed by atoms with Gasteiger partial charge in [-0.2, -0.15) is 0 Å². The highest BCUT2D eigenvalue weighted by Crippen LogP contribution is 2.44. The van der Waals surface area contributed by atoms with Crippen LogP contribution in [0.25, 0.3) is 0 Å². The van der Waals surface area contributed by atoms with Crippen LogP contribution in [-0.4, -0.2) is 23.9 Å². The fourth-order valence-corrected chi connectivity index (χ4v) is 3.30. The van der Waals surface area contributed by atoms with E-state index in [1.54, 1.807) is 25.8 Å². The van der Waals surface area contributed by atoms with Crippen LogP contribution in [0, 0.1) is 5.92 Å². The van der Waals surface area contributed by atoms with Crippen LogP contribution in [-0.2, 0) is 4.79 Å². The van der Waals surface area contributed by atoms with E-state index >= 15 is 0 Å². The quantitative estimate of drug-likeness (QED) is 0.879. The topological polar surface area (TPSA) is 46.5 Å². The van der Waals surface area contributed by atoms with Crippen LogP contribution in [0.2, 0.25) is 0 Å². The van der Waals surface area contributed by atoms with E-state index in [4.69, 9.17) is 9.84 Å². The molecule has 86 valence electrons. The third-order valence-corrected chi connectivity index (χ3v) is 4.24. The van der Waals surface area contributed by atoms with Crippen molar-refractivity contribution in [2.75, 3.05) is 12.9 Å². The standard InChI is InChI=1S/C12H14O3S/c1-7(12(13)14)10-6-16-11-4-3-8(15-2)5-9(10)11/h3-5,7,10H,6H2,1-2H3,(H,13,14). The summed E-state index contributed by atoms with van der Waals surface area (Å²) in [6.45, 7) is 1.77. The maximum absolute atomic E-state index is 11.0. The first kappa shape index (κ1) is 11.3. The zero-order chi connectivity index (χ0) is 11.7. The van der Waals surface area contributed by atoms with Crippen LogP contribution in [0.5, 0.6) is 5.75 Å². The highest BCUT2D eigenvalue weighted by Gasteiger charge is 2.31. The first-order valence-corrected chi connectivity index (χ1v) is 6.15. The molecule has 0 saturated heterocycles. The van der Waals surface area contributed by atoms with E-state index in [0.717, 1.165) is 17.1 Å². The zero-order valence-corrected chi connectivity index (χ0v) is 10.1. The summed E-state index contributed by atoms with van der Waals surface area (Å²) in [5.41, 5.74) is 1.11. The number of methoxy groups -OCH3 is 1. The molecule has 1 aromatic carbocycles. The minimum absolute atomic E-state index is 0.0904. The van der Waals surface area contributed by atoms with Gasteiger partial charge in [0.05, 0.1) is 13.0 Å². The van der Waals surface area contributed by atoms with Crippen LogP contribution in [0.1, 0.15) is 18.4 Å². The maximum atomic E-state index is 11.0. The van der Waals surface area contributed by atoms with Crippen molar-refractivity contribution in [3.63, 3.8) is 0 Å². The van der Waals surface area contributed by atoms with Crippen LogP contribution in [0.3, 0.4) is 0 Å². The molecule has 3 nitrogen and oxygen atoms in total. The molecule has 2 rings (SSSR count). The lowest BCUT2D eigenvalue weighted by Crippen LogP contribution is -2.18. The average Bonchev–Trinajstić information content (AvgIpc) is 2.70. The number of ether oxygens (including phenoxy) is 1. The molecule has 1 aromatic rings. The van der Waals surface area contributed by atoms with Gasteiger partial charge in [0.15, 0.2) is 0 Å². The van der Waals surface area contributed by atoms with Gasteiger partial charge < -0.3 is 9.84 Å². The molecule has 4 heteroatoms. The predicted molar refractivity (Wildman–Crippen MR) is 63.3 cm³/mol. The second-order valence-corrected chi connectivity index (χ2v) is 5.01. The third kappa shape index (κ3) is 1.89. The lowest BCUT2D eigenvalue weighted by atomic mass is 9.89. The van der Waals surface area contributed by atoms with Gasteiger partial charge in [-0.15, -0.1) is 11.8 Å². The Balaban J connectivity index is 2.34. The fourth-order valence-electron chi connectivity index (χ4n) is 1.93. The van der Waals surface area contributed by atoms with Crippen molar-refractivity contribution in [2.24, 2.45) is 5.92 Å². The largest absolute Gasteiger partial charge is 0.497 e. The van der Waals surface area contributed by atoms with Crippen LogP contribution in [0.15, 0.2) is 23.1 Å². The predicted octanol–water partition coefficient (Wildman–Crippen LogP) is 2.61. The smallest absolute Gasteiger partial charge is 0.306 e. The first-order chi connectivity index (χ1) is 7.63. The normalized spacial score (nSPS) is 20.2. The number of hydrogen-bond acceptors (Lipinski definition) is 3. The first-order valence-electron chi connectivity index (χ1n) is 5.17. The second kappa shape index (κ2) is 4.37. The summed E-state index contributed by atoms with van der Waals surface area (Å²) in [6, 6.07) is 5.88. The summed E-state index contributed by atoms with van der Waals surface area (Å²) >= 11 is 1.72. The van der Waals surface area contributed by atoms with E-state index in [9.17, 15) is 4.79 Å². The van der Waals surface area contributed by atoms with Crippen molar-refractivity contribution in [3.05, 3.63) is 23.8 Å². The van der Waals surface area contributed by atoms with E-state index in [2.05, 4.69) is 0 Å². The van der Waals surface area contributed by atoms with Gasteiger partial charge in [-0.3, -0.25) is 4.79 Å². The highest BCUT2D eigenvalue weighted by atomic mass is 32.2. The average molecular weight is 238 g/mol. The summed E-state index contributed by atoms with van der Waals surface area (Å²) in [7, 11) is 1.62. The van der Waals surface area contributed by atoms with Gasteiger partial charge in [0.2, 0.25) is 0 Å². The van der Waals surface area contributed by atoms with Gasteiger partial charge in [0.25, 0.3) is 0 Å². The summed E-state index contributed by atoms with van der Waals surface area (Å²) in [5.74, 6) is 0.647. The molecule has 0 fully saturated rings. The third-order valence-electron chi connectivity index (χ3n) is 3.03. The Hall–Kier alpha value is -1.16. The Morgan fingerprint density at radius 1 is 1.62 bits per heavy atom. The Labute approximate surface area is 98.8 Å². The molecule has 1 aliphatic rings. The molecular formula is C12H14O3S. The van der Waals surface area contributed by atoms with Gasteiger partial charge in [0, 0.05) is 16.6 Å². The summed E-state index contributed by atoms with van der Waals surface area (Å²) in [5, 5.41) is 9.05. The molecule has 0 aliphatic carbocycles. The number of thioether (sulfide) groups is 1. The van der Waals surface area contributed by atoms with Gasteiger partial charge in [-0.1, -0.05) is 6.92 Å². The van der Waals surface area contributed by atoms with E-state index < -0.39 is 5.97 Å². The van der Waals surface area contributed by atoms with Crippen molar-refractivity contribution in [2.45, 2.75) is 17.7 Å². The molecule has 16 heavy (non-hydrogen) atoms. The van der Waals surface area contributed by atoms with E-state index in [0.29, 0.717) is 0 Å². The molecule has 2 unspecified atom stereocenters. The molecule has 1 N–H and O–H groups in total. The van der Waals surface area contributed by atoms with Crippen molar-refractivity contribution in [1.29, 1.82) is 0 Å². The van der Waals surface area contributed by atoms with Crippen LogP contribution in [0.4, 0.5) is 0 Å². The Morgan fingerprint density at radius 3 is 3.00 bits per heavy atom. The van der Waals surface area contributed by atoms with E-state index in [1.165, 1.54) is 4.90 Å². The number of carbonyl (C=O) groups is 1. The summed E-state index contributed by atoms with van der Waals surface area (Å²) in [4.78, 5) is 12.2. The molecular weight excluding hydrogens is 224 g/mol. The van der Waals surface area contributed by atoms with E-state index in [-0.39, 0.29) is 11.8 Å². The molecule has 2 atom stereocenters. The maximum Gasteiger partial charge on any atom is 0.306 e. The number of rotatable bonds is 3. The summed E-state index contributed by atoms with van der Waals surface area (Å²) in [6.07, 6.45) is 0. The van der Waals surface area contributed by atoms with Gasteiger partial charge >= 0.3 is 5.97 Å². The molecule has 0 saturated carbocycles. The number of fused-ring (bicyclic) bond motifs is 1. The lowest BCUT2D eigenvalue weighted by Gasteiger charge is -2.15. The highest BCUT2D eigenvalue weighted by molar-refractivity contribution is 7.99. The molecule has 0 radical (unpaired) electrons. The minimum atomic E-state index is -0.735. The van der Waals surface area contributed by atoms with E-state index in [1.807, 2.05) is 18.2 Å². The molecule has 0 aromatic heterocycles. The van der Waals surface area contributed by atoms with Crippen LogP contribution >= 0.6 is 11.8 Å². The number of hydrogen-bond donors (Lipinski definition) is 1. The number of carboxylic acid groups (broad SMARTS) is 1. The molecule has 0 spiro atoms. The SMILES string of the molecule is COc1ccc2c(c1)C(C(C)C(=O)O)CS2. The van der Waals surface area contributed by atoms with Gasteiger partial charge in [0.1, 0.15) is 5.75 Å². The Morgan fingerprint density at radius 2 is 2.38 bits per heavy atom. The van der Waals surface area contributed by atoms with Crippen molar-refractivity contribution in [1.82, 2.24) is 0 Å². The summed E-state index contributed by atoms with van der Waals surface area (Å²) < 4.78 is 5.17. The Bertz CT molecular complexity index is 417. The van der Waals surface area contributed by atoms with Gasteiger partial charge in [-0.25, -0.2) is 0 Å². The number of aliphatic carboxylic acids is 1. The lowest BCUT2D eigenvalue weighted by molar-refractivity contribution is -0.141. The molecule has 1 aliphatic heterocycles. The van der Waals surface area contributed by atoms with Crippen molar-refractivity contribution >= 4 is 17.7 Å². The number of carboxylic acids is 1. The van der Waals surface area contributed by atoms with Crippen molar-refractivity contribution in [3.8, 4) is 5.75 Å². The minimum Gasteiger partial charge on any atom is -0.497 e. The molecule has 0 amide bonds. The van der Waals surface area contributed by atoms with Gasteiger partial charge in [-0.05, 0) is 23.8 Å². The Kier molecular flexibility index (Phi) is 3.10. The second-order valence-electron chi connectivity index (χ2n) is 3.95. The zero-order valence-electron chi connectivity index (χ0n) is 9.27. The van der Waals surface area contributed by atoms with Crippen LogP contribution < -0.4 is 4.74 Å². The molecule has 1 heterocycles.